The Labute approximate surface area is 170 Å². The second kappa shape index (κ2) is 8.05. The van der Waals surface area contributed by atoms with E-state index in [0.29, 0.717) is 16.7 Å². The van der Waals surface area contributed by atoms with Crippen molar-refractivity contribution in [1.29, 1.82) is 0 Å². The SMILES string of the molecule is OCC1OC(Oc2cc(O)c3ccc(-c4ccc(O)cc4)[o+]c3c2)C(O)C(O)C1O. The Bertz CT molecular complexity index is 1030. The van der Waals surface area contributed by atoms with Gasteiger partial charge >= 0.3 is 11.3 Å². The van der Waals surface area contributed by atoms with Gasteiger partial charge in [0.25, 0.3) is 0 Å². The highest BCUT2D eigenvalue weighted by Gasteiger charge is 2.44. The summed E-state index contributed by atoms with van der Waals surface area (Å²) in [6.45, 7) is -0.584. The zero-order valence-corrected chi connectivity index (χ0v) is 15.6. The number of hydrogen-bond donors (Lipinski definition) is 6. The van der Waals surface area contributed by atoms with E-state index in [1.54, 1.807) is 24.3 Å². The Morgan fingerprint density at radius 1 is 0.900 bits per heavy atom. The lowest BCUT2D eigenvalue weighted by atomic mass is 9.99. The number of phenolic OH excluding ortho intramolecular Hbond substituents is 2. The van der Waals surface area contributed by atoms with Gasteiger partial charge in [-0.2, -0.15) is 0 Å². The van der Waals surface area contributed by atoms with Crippen LogP contribution in [0.1, 0.15) is 0 Å². The maximum Gasteiger partial charge on any atom is 0.368 e. The van der Waals surface area contributed by atoms with Crippen LogP contribution in [0.25, 0.3) is 22.3 Å². The van der Waals surface area contributed by atoms with Gasteiger partial charge in [0.05, 0.1) is 18.2 Å². The first-order chi connectivity index (χ1) is 14.4. The number of phenols is 2. The Morgan fingerprint density at radius 3 is 2.33 bits per heavy atom. The number of benzene rings is 2. The summed E-state index contributed by atoms with van der Waals surface area (Å²) in [5.41, 5.74) is 0.981. The average molecular weight is 417 g/mol. The number of hydrogen-bond acceptors (Lipinski definition) is 8. The summed E-state index contributed by atoms with van der Waals surface area (Å²) < 4.78 is 16.7. The van der Waals surface area contributed by atoms with Crippen LogP contribution < -0.4 is 4.74 Å². The molecule has 0 spiro atoms. The van der Waals surface area contributed by atoms with Gasteiger partial charge in [-0.05, 0) is 30.3 Å². The number of rotatable bonds is 4. The first-order valence-corrected chi connectivity index (χ1v) is 9.24. The van der Waals surface area contributed by atoms with E-state index in [4.69, 9.17) is 13.9 Å². The van der Waals surface area contributed by atoms with Crippen LogP contribution in [0, 0.1) is 0 Å². The predicted octanol–water partition coefficient (Wildman–Crippen LogP) is 0.971. The van der Waals surface area contributed by atoms with Gasteiger partial charge in [-0.15, -0.1) is 0 Å². The van der Waals surface area contributed by atoms with Crippen LogP contribution in [0.2, 0.25) is 0 Å². The van der Waals surface area contributed by atoms with Gasteiger partial charge in [0.2, 0.25) is 6.29 Å². The molecular formula is C21H21O9+. The van der Waals surface area contributed by atoms with Crippen LogP contribution in [-0.4, -0.2) is 68.0 Å². The van der Waals surface area contributed by atoms with Crippen LogP contribution in [-0.2, 0) is 4.74 Å². The Kier molecular flexibility index (Phi) is 5.46. The molecule has 9 heteroatoms. The lowest BCUT2D eigenvalue weighted by Gasteiger charge is -2.39. The van der Waals surface area contributed by atoms with Crippen LogP contribution in [0.4, 0.5) is 0 Å². The Hall–Kier alpha value is -2.95. The summed E-state index contributed by atoms with van der Waals surface area (Å²) in [5, 5.41) is 59.4. The van der Waals surface area contributed by atoms with E-state index in [0.717, 1.165) is 0 Å². The fraction of sp³-hybridized carbons (Fsp3) is 0.286. The highest BCUT2D eigenvalue weighted by molar-refractivity contribution is 5.86. The lowest BCUT2D eigenvalue weighted by Crippen LogP contribution is -2.60. The van der Waals surface area contributed by atoms with Gasteiger partial charge in [-0.3, -0.25) is 0 Å². The van der Waals surface area contributed by atoms with Gasteiger partial charge in [-0.25, -0.2) is 4.42 Å². The number of fused-ring (bicyclic) bond motifs is 1. The molecule has 5 unspecified atom stereocenters. The minimum Gasteiger partial charge on any atom is -0.508 e. The Balaban J connectivity index is 1.65. The third kappa shape index (κ3) is 3.76. The van der Waals surface area contributed by atoms with Gasteiger partial charge < -0.3 is 40.1 Å². The quantitative estimate of drug-likeness (QED) is 0.341. The van der Waals surface area contributed by atoms with Crippen molar-refractivity contribution < 1.29 is 44.5 Å². The van der Waals surface area contributed by atoms with Crippen molar-refractivity contribution >= 4 is 11.0 Å². The predicted molar refractivity (Wildman–Crippen MR) is 104 cm³/mol. The van der Waals surface area contributed by atoms with Crippen LogP contribution in [0.5, 0.6) is 17.2 Å². The first kappa shape index (κ1) is 20.3. The molecule has 0 aliphatic carbocycles. The van der Waals surface area contributed by atoms with Crippen LogP contribution in [0.3, 0.4) is 0 Å². The smallest absolute Gasteiger partial charge is 0.368 e. The van der Waals surface area contributed by atoms with Crippen molar-refractivity contribution in [3.63, 3.8) is 0 Å². The second-order valence-corrected chi connectivity index (χ2v) is 7.02. The molecule has 1 saturated heterocycles. The minimum atomic E-state index is -1.58. The number of aliphatic hydroxyl groups excluding tert-OH is 4. The molecular weight excluding hydrogens is 396 g/mol. The van der Waals surface area contributed by atoms with Crippen LogP contribution >= 0.6 is 0 Å². The number of ether oxygens (including phenoxy) is 2. The van der Waals surface area contributed by atoms with E-state index in [-0.39, 0.29) is 22.8 Å². The van der Waals surface area contributed by atoms with E-state index < -0.39 is 37.3 Å². The van der Waals surface area contributed by atoms with Crippen molar-refractivity contribution in [2.24, 2.45) is 0 Å². The number of aromatic hydroxyl groups is 2. The average Bonchev–Trinajstić information content (AvgIpc) is 2.74. The maximum atomic E-state index is 10.3. The van der Waals surface area contributed by atoms with Crippen molar-refractivity contribution in [3.05, 3.63) is 48.5 Å². The Morgan fingerprint density at radius 2 is 1.63 bits per heavy atom. The third-order valence-corrected chi connectivity index (χ3v) is 4.97. The van der Waals surface area contributed by atoms with Crippen LogP contribution in [0.15, 0.2) is 52.9 Å². The molecule has 0 saturated carbocycles. The monoisotopic (exact) mass is 417 g/mol. The van der Waals surface area contributed by atoms with E-state index in [2.05, 4.69) is 0 Å². The second-order valence-electron chi connectivity index (χ2n) is 7.02. The number of aliphatic hydroxyl groups is 4. The van der Waals surface area contributed by atoms with Crippen molar-refractivity contribution in [2.75, 3.05) is 6.61 Å². The van der Waals surface area contributed by atoms with Gasteiger partial charge in [-0.1, -0.05) is 0 Å². The molecule has 30 heavy (non-hydrogen) atoms. The fourth-order valence-electron chi connectivity index (χ4n) is 3.30. The molecule has 5 atom stereocenters. The van der Waals surface area contributed by atoms with E-state index in [1.807, 2.05) is 0 Å². The summed E-state index contributed by atoms with van der Waals surface area (Å²) >= 11 is 0. The van der Waals surface area contributed by atoms with Crippen molar-refractivity contribution in [3.8, 4) is 28.6 Å². The molecule has 1 aliphatic heterocycles. The molecule has 0 radical (unpaired) electrons. The summed E-state index contributed by atoms with van der Waals surface area (Å²) in [5.74, 6) is 0.531. The van der Waals surface area contributed by atoms with E-state index in [9.17, 15) is 30.6 Å². The highest BCUT2D eigenvalue weighted by Crippen LogP contribution is 2.35. The lowest BCUT2D eigenvalue weighted by molar-refractivity contribution is -0.277. The molecule has 9 nitrogen and oxygen atoms in total. The zero-order chi connectivity index (χ0) is 21.4. The standard InChI is InChI=1S/C21H20O9/c22-9-17-18(25)19(26)20(27)21(30-17)28-12-7-14(24)13-5-6-15(29-16(13)8-12)10-1-3-11(23)4-2-10/h1-8,17-22,25-27H,9H2,(H-,23,24)/p+1. The molecule has 0 amide bonds. The van der Waals surface area contributed by atoms with Gasteiger partial charge in [0, 0.05) is 12.1 Å². The topological polar surface area (TPSA) is 151 Å². The summed E-state index contributed by atoms with van der Waals surface area (Å²) in [6.07, 6.45) is -7.18. The first-order valence-electron chi connectivity index (χ1n) is 9.24. The van der Waals surface area contributed by atoms with Gasteiger partial charge in [0.1, 0.15) is 47.1 Å². The van der Waals surface area contributed by atoms with Crippen molar-refractivity contribution in [1.82, 2.24) is 0 Å². The summed E-state index contributed by atoms with van der Waals surface area (Å²) in [4.78, 5) is 0. The summed E-state index contributed by atoms with van der Waals surface area (Å²) in [7, 11) is 0. The van der Waals surface area contributed by atoms with Gasteiger partial charge in [0.15, 0.2) is 0 Å². The largest absolute Gasteiger partial charge is 0.508 e. The fourth-order valence-corrected chi connectivity index (χ4v) is 3.30. The minimum absolute atomic E-state index is 0.0796. The third-order valence-electron chi connectivity index (χ3n) is 4.97. The molecule has 2 aromatic carbocycles. The molecule has 158 valence electrons. The molecule has 1 aromatic heterocycles. The highest BCUT2D eigenvalue weighted by atomic mass is 16.7. The summed E-state index contributed by atoms with van der Waals surface area (Å²) in [6, 6.07) is 12.5. The molecule has 0 bridgehead atoms. The molecule has 1 fully saturated rings. The van der Waals surface area contributed by atoms with E-state index >= 15 is 0 Å². The molecule has 2 heterocycles. The molecule has 4 rings (SSSR count). The van der Waals surface area contributed by atoms with E-state index in [1.165, 1.54) is 24.3 Å². The molecule has 6 N–H and O–H groups in total. The molecule has 3 aromatic rings. The normalized spacial score (nSPS) is 26.6. The zero-order valence-electron chi connectivity index (χ0n) is 15.6. The maximum absolute atomic E-state index is 10.3. The molecule has 1 aliphatic rings. The van der Waals surface area contributed by atoms with Crippen molar-refractivity contribution in [2.45, 2.75) is 30.7 Å².